The van der Waals surface area contributed by atoms with Crippen molar-refractivity contribution in [1.82, 2.24) is 10.2 Å². The highest BCUT2D eigenvalue weighted by Gasteiger charge is 2.40. The summed E-state index contributed by atoms with van der Waals surface area (Å²) in [6.45, 7) is 0.0163. The van der Waals surface area contributed by atoms with E-state index in [4.69, 9.17) is 23.7 Å². The Morgan fingerprint density at radius 1 is 0.892 bits per heavy atom. The molecule has 0 radical (unpaired) electrons. The van der Waals surface area contributed by atoms with Gasteiger partial charge < -0.3 is 39.0 Å². The molecule has 3 rings (SSSR count). The minimum Gasteiger partial charge on any atom is -0.493 e. The molecule has 1 heterocycles. The van der Waals surface area contributed by atoms with E-state index >= 15 is 0 Å². The van der Waals surface area contributed by atoms with Crippen LogP contribution < -0.4 is 29.0 Å². The molecule has 2 aromatic carbocycles. The normalized spacial score (nSPS) is 16.8. The first-order chi connectivity index (χ1) is 17.8. The Labute approximate surface area is 214 Å². The Morgan fingerprint density at radius 3 is 2.05 bits per heavy atom. The highest BCUT2D eigenvalue weighted by atomic mass is 16.5. The number of carboxylic acids is 1. The van der Waals surface area contributed by atoms with E-state index in [0.29, 0.717) is 22.8 Å². The van der Waals surface area contributed by atoms with E-state index in [2.05, 4.69) is 5.32 Å². The molecule has 1 saturated heterocycles. The molecule has 2 N–H and O–H groups in total. The van der Waals surface area contributed by atoms with Gasteiger partial charge in [-0.2, -0.15) is 0 Å². The minimum absolute atomic E-state index is 0.0163. The second kappa shape index (κ2) is 12.0. The maximum atomic E-state index is 13.3. The van der Waals surface area contributed by atoms with E-state index in [9.17, 15) is 19.5 Å². The molecular formula is C26H30N2O9. The molecule has 198 valence electrons. The van der Waals surface area contributed by atoms with Crippen molar-refractivity contribution in [1.29, 1.82) is 0 Å². The van der Waals surface area contributed by atoms with E-state index in [-0.39, 0.29) is 30.0 Å². The number of ether oxygens (including phenoxy) is 5. The standard InChI is InChI=1S/C26H30N2O9/c1-33-19-8-6-15(10-20(19)34-2)7-9-23(29)27-17-13-18(26(31)32)28(14-17)25(30)16-11-21(35-3)24(37-5)22(12-16)36-4/h6-12,17-18H,13-14H2,1-5H3,(H,27,29)(H,31,32)/b9-7+/t17-,18-/m0/s1. The molecule has 1 aliphatic heterocycles. The molecule has 0 aliphatic carbocycles. The van der Waals surface area contributed by atoms with Crippen molar-refractivity contribution in [3.8, 4) is 28.7 Å². The molecule has 0 spiro atoms. The number of benzene rings is 2. The number of hydrogen-bond donors (Lipinski definition) is 2. The number of carboxylic acid groups (broad SMARTS) is 1. The van der Waals surface area contributed by atoms with E-state index < -0.39 is 29.9 Å². The van der Waals surface area contributed by atoms with Gasteiger partial charge >= 0.3 is 5.97 Å². The molecule has 1 fully saturated rings. The number of carbonyl (C=O) groups excluding carboxylic acids is 2. The van der Waals surface area contributed by atoms with Crippen LogP contribution in [0.1, 0.15) is 22.3 Å². The van der Waals surface area contributed by atoms with Crippen LogP contribution in [0.3, 0.4) is 0 Å². The fraction of sp³-hybridized carbons (Fsp3) is 0.346. The smallest absolute Gasteiger partial charge is 0.326 e. The van der Waals surface area contributed by atoms with Gasteiger partial charge in [-0.3, -0.25) is 9.59 Å². The van der Waals surface area contributed by atoms with Crippen LogP contribution in [0.15, 0.2) is 36.4 Å². The lowest BCUT2D eigenvalue weighted by molar-refractivity contribution is -0.141. The van der Waals surface area contributed by atoms with Crippen LogP contribution in [0.4, 0.5) is 0 Å². The fourth-order valence-electron chi connectivity index (χ4n) is 4.15. The molecule has 1 aliphatic rings. The Morgan fingerprint density at radius 2 is 1.51 bits per heavy atom. The summed E-state index contributed by atoms with van der Waals surface area (Å²) in [7, 11) is 7.32. The topological polar surface area (TPSA) is 133 Å². The second-order valence-electron chi connectivity index (χ2n) is 8.11. The lowest BCUT2D eigenvalue weighted by Gasteiger charge is -2.22. The summed E-state index contributed by atoms with van der Waals surface area (Å²) < 4.78 is 26.3. The Hall–Kier alpha value is -4.41. The van der Waals surface area contributed by atoms with Crippen LogP contribution in [0.2, 0.25) is 0 Å². The first kappa shape index (κ1) is 27.2. The lowest BCUT2D eigenvalue weighted by atomic mass is 10.1. The lowest BCUT2D eigenvalue weighted by Crippen LogP contribution is -2.41. The number of hydrogen-bond acceptors (Lipinski definition) is 8. The highest BCUT2D eigenvalue weighted by molar-refractivity contribution is 5.98. The minimum atomic E-state index is -1.17. The summed E-state index contributed by atoms with van der Waals surface area (Å²) in [5.74, 6) is -0.210. The molecule has 2 amide bonds. The molecule has 0 unspecified atom stereocenters. The zero-order chi connectivity index (χ0) is 27.1. The number of nitrogens with zero attached hydrogens (tertiary/aromatic N) is 1. The summed E-state index contributed by atoms with van der Waals surface area (Å²) in [6, 6.07) is 6.44. The first-order valence-corrected chi connectivity index (χ1v) is 11.3. The third-order valence-electron chi connectivity index (χ3n) is 5.94. The van der Waals surface area contributed by atoms with E-state index in [1.807, 2.05) is 0 Å². The van der Waals surface area contributed by atoms with Crippen LogP contribution in [-0.2, 0) is 9.59 Å². The van der Waals surface area contributed by atoms with Crippen LogP contribution in [0.25, 0.3) is 6.08 Å². The monoisotopic (exact) mass is 514 g/mol. The fourth-order valence-corrected chi connectivity index (χ4v) is 4.15. The maximum Gasteiger partial charge on any atom is 0.326 e. The largest absolute Gasteiger partial charge is 0.493 e. The van der Waals surface area contributed by atoms with Gasteiger partial charge in [-0.25, -0.2) is 4.79 Å². The van der Waals surface area contributed by atoms with Gasteiger partial charge in [0.2, 0.25) is 11.7 Å². The van der Waals surface area contributed by atoms with Crippen molar-refractivity contribution >= 4 is 23.9 Å². The molecule has 0 bridgehead atoms. The zero-order valence-electron chi connectivity index (χ0n) is 21.3. The summed E-state index contributed by atoms with van der Waals surface area (Å²) >= 11 is 0. The summed E-state index contributed by atoms with van der Waals surface area (Å²) in [4.78, 5) is 39.0. The predicted octanol–water partition coefficient (Wildman–Crippen LogP) is 2.23. The molecule has 0 aromatic heterocycles. The third-order valence-corrected chi connectivity index (χ3v) is 5.94. The van der Waals surface area contributed by atoms with Gasteiger partial charge in [0.1, 0.15) is 6.04 Å². The van der Waals surface area contributed by atoms with Gasteiger partial charge in [-0.15, -0.1) is 0 Å². The number of aliphatic carboxylic acids is 1. The Balaban J connectivity index is 1.75. The number of rotatable bonds is 10. The van der Waals surface area contributed by atoms with Crippen molar-refractivity contribution < 1.29 is 43.2 Å². The van der Waals surface area contributed by atoms with Gasteiger partial charge in [-0.1, -0.05) is 6.07 Å². The average molecular weight is 515 g/mol. The van der Waals surface area contributed by atoms with Crippen molar-refractivity contribution in [2.45, 2.75) is 18.5 Å². The maximum absolute atomic E-state index is 13.3. The highest BCUT2D eigenvalue weighted by Crippen LogP contribution is 2.39. The molecular weight excluding hydrogens is 484 g/mol. The van der Waals surface area contributed by atoms with Crippen molar-refractivity contribution in [2.75, 3.05) is 42.1 Å². The number of amides is 2. The van der Waals surface area contributed by atoms with Gasteiger partial charge in [0.05, 0.1) is 35.5 Å². The summed E-state index contributed by atoms with van der Waals surface area (Å²) in [6.07, 6.45) is 2.99. The van der Waals surface area contributed by atoms with Crippen LogP contribution in [-0.4, -0.2) is 82.0 Å². The first-order valence-electron chi connectivity index (χ1n) is 11.3. The number of carbonyl (C=O) groups is 3. The average Bonchev–Trinajstić information content (AvgIpc) is 3.34. The van der Waals surface area contributed by atoms with Gasteiger partial charge in [0.15, 0.2) is 23.0 Å². The third kappa shape index (κ3) is 6.05. The van der Waals surface area contributed by atoms with Gasteiger partial charge in [0, 0.05) is 30.6 Å². The van der Waals surface area contributed by atoms with Gasteiger partial charge in [-0.05, 0) is 35.9 Å². The molecule has 2 aromatic rings. The van der Waals surface area contributed by atoms with Crippen LogP contribution in [0.5, 0.6) is 28.7 Å². The zero-order valence-corrected chi connectivity index (χ0v) is 21.3. The van der Waals surface area contributed by atoms with Gasteiger partial charge in [0.25, 0.3) is 5.91 Å². The van der Waals surface area contributed by atoms with E-state index in [1.54, 1.807) is 24.3 Å². The van der Waals surface area contributed by atoms with Crippen molar-refractivity contribution in [3.63, 3.8) is 0 Å². The van der Waals surface area contributed by atoms with Crippen LogP contribution >= 0.6 is 0 Å². The van der Waals surface area contributed by atoms with Crippen molar-refractivity contribution in [2.24, 2.45) is 0 Å². The quantitative estimate of drug-likeness (QED) is 0.458. The number of likely N-dealkylation sites (tertiary alicyclic amines) is 1. The molecule has 11 nitrogen and oxygen atoms in total. The molecule has 37 heavy (non-hydrogen) atoms. The van der Waals surface area contributed by atoms with Crippen molar-refractivity contribution in [3.05, 3.63) is 47.5 Å². The molecule has 2 atom stereocenters. The van der Waals surface area contributed by atoms with E-state index in [0.717, 1.165) is 0 Å². The Kier molecular flexibility index (Phi) is 8.83. The number of nitrogens with one attached hydrogen (secondary N) is 1. The second-order valence-corrected chi connectivity index (χ2v) is 8.11. The van der Waals surface area contributed by atoms with Crippen LogP contribution in [0, 0.1) is 0 Å². The predicted molar refractivity (Wildman–Crippen MR) is 134 cm³/mol. The Bertz CT molecular complexity index is 1170. The summed E-state index contributed by atoms with van der Waals surface area (Å²) in [5.41, 5.74) is 0.878. The molecule has 0 saturated carbocycles. The summed E-state index contributed by atoms with van der Waals surface area (Å²) in [5, 5.41) is 12.5. The van der Waals surface area contributed by atoms with E-state index in [1.165, 1.54) is 58.7 Å². The number of methoxy groups -OCH3 is 5. The molecule has 11 heteroatoms. The SMILES string of the molecule is COc1ccc(/C=C/C(=O)N[C@H]2C[C@@H](C(=O)O)N(C(=O)c3cc(OC)c(OC)c(OC)c3)C2)cc1OC.